The lowest BCUT2D eigenvalue weighted by Crippen LogP contribution is -2.42. The van der Waals surface area contributed by atoms with E-state index < -0.39 is 17.8 Å². The third-order valence-corrected chi connectivity index (χ3v) is 5.44. The molecule has 2 unspecified atom stereocenters. The summed E-state index contributed by atoms with van der Waals surface area (Å²) in [6.07, 6.45) is 2.59. The summed E-state index contributed by atoms with van der Waals surface area (Å²) in [4.78, 5) is 24.4. The van der Waals surface area contributed by atoms with Gasteiger partial charge in [0.05, 0.1) is 11.8 Å². The second kappa shape index (κ2) is 8.59. The van der Waals surface area contributed by atoms with Gasteiger partial charge in [-0.15, -0.1) is 0 Å². The van der Waals surface area contributed by atoms with Gasteiger partial charge >= 0.3 is 12.2 Å². The Labute approximate surface area is 196 Å². The second-order valence-electron chi connectivity index (χ2n) is 7.64. The fourth-order valence-corrected chi connectivity index (χ4v) is 3.91. The Morgan fingerprint density at radius 3 is 2.60 bits per heavy atom. The van der Waals surface area contributed by atoms with Gasteiger partial charge in [-0.1, -0.05) is 12.1 Å². The van der Waals surface area contributed by atoms with Gasteiger partial charge in [-0.05, 0) is 29.8 Å². The SMILES string of the molecule is NC1=NC=NN2C=C(c3ncco3)C(c3ccc(NC(=O)Nc4cc(C(F)(F)F)ccn4)cc3)C12. The van der Waals surface area contributed by atoms with Crippen LogP contribution >= 0.6 is 0 Å². The summed E-state index contributed by atoms with van der Waals surface area (Å²) in [5.74, 6) is 0.265. The zero-order chi connectivity index (χ0) is 24.6. The second-order valence-corrected chi connectivity index (χ2v) is 7.64. The van der Waals surface area contributed by atoms with E-state index in [0.717, 1.165) is 29.5 Å². The van der Waals surface area contributed by atoms with Crippen LogP contribution in [0.2, 0.25) is 0 Å². The van der Waals surface area contributed by atoms with Crippen molar-refractivity contribution in [2.24, 2.45) is 15.8 Å². The highest BCUT2D eigenvalue weighted by Crippen LogP contribution is 2.43. The van der Waals surface area contributed by atoms with Crippen LogP contribution in [0.4, 0.5) is 29.5 Å². The molecule has 0 saturated heterocycles. The minimum Gasteiger partial charge on any atom is -0.445 e. The molecule has 2 amide bonds. The molecule has 35 heavy (non-hydrogen) atoms. The van der Waals surface area contributed by atoms with E-state index in [2.05, 4.69) is 30.7 Å². The van der Waals surface area contributed by atoms with E-state index in [-0.39, 0.29) is 17.8 Å². The molecular formula is C22H17F3N8O2. The number of benzene rings is 1. The number of anilines is 2. The number of carbonyl (C=O) groups excluding carboxylic acids is 1. The molecule has 10 nitrogen and oxygen atoms in total. The number of amides is 2. The van der Waals surface area contributed by atoms with Gasteiger partial charge in [0.15, 0.2) is 0 Å². The summed E-state index contributed by atoms with van der Waals surface area (Å²) in [5.41, 5.74) is 7.25. The highest BCUT2D eigenvalue weighted by Gasteiger charge is 2.42. The van der Waals surface area contributed by atoms with Crippen LogP contribution < -0.4 is 16.4 Å². The number of urea groups is 1. The van der Waals surface area contributed by atoms with Crippen molar-refractivity contribution >= 4 is 35.3 Å². The van der Waals surface area contributed by atoms with Crippen LogP contribution in [0.15, 0.2) is 75.8 Å². The van der Waals surface area contributed by atoms with Gasteiger partial charge in [-0.2, -0.15) is 18.3 Å². The maximum Gasteiger partial charge on any atom is 0.416 e. The molecule has 2 aliphatic heterocycles. The Balaban J connectivity index is 1.33. The number of nitrogens with zero attached hydrogens (tertiary/aromatic N) is 5. The number of amidine groups is 1. The molecule has 0 saturated carbocycles. The van der Waals surface area contributed by atoms with Crippen molar-refractivity contribution in [3.05, 3.63) is 78.3 Å². The Hall–Kier alpha value is -4.68. The number of halogens is 3. The van der Waals surface area contributed by atoms with E-state index in [9.17, 15) is 18.0 Å². The molecule has 4 N–H and O–H groups in total. The average Bonchev–Trinajstić information content (AvgIpc) is 3.48. The lowest BCUT2D eigenvalue weighted by atomic mass is 9.86. The van der Waals surface area contributed by atoms with Crippen molar-refractivity contribution in [2.75, 3.05) is 10.6 Å². The normalized spacial score (nSPS) is 19.1. The predicted molar refractivity (Wildman–Crippen MR) is 121 cm³/mol. The van der Waals surface area contributed by atoms with Crippen molar-refractivity contribution in [3.8, 4) is 0 Å². The molecule has 5 rings (SSSR count). The molecule has 0 aliphatic carbocycles. The molecule has 3 aromatic rings. The van der Waals surface area contributed by atoms with E-state index in [1.165, 1.54) is 18.8 Å². The number of nitrogens with two attached hydrogens (primary N) is 1. The molecule has 1 aromatic carbocycles. The molecule has 0 fully saturated rings. The zero-order valence-electron chi connectivity index (χ0n) is 17.8. The van der Waals surface area contributed by atoms with Crippen molar-refractivity contribution in [2.45, 2.75) is 18.1 Å². The number of aromatic nitrogens is 2. The van der Waals surface area contributed by atoms with Crippen molar-refractivity contribution in [1.29, 1.82) is 0 Å². The predicted octanol–water partition coefficient (Wildman–Crippen LogP) is 3.86. The van der Waals surface area contributed by atoms with Crippen molar-refractivity contribution < 1.29 is 22.4 Å². The van der Waals surface area contributed by atoms with Crippen LogP contribution in [0.25, 0.3) is 5.57 Å². The van der Waals surface area contributed by atoms with Crippen molar-refractivity contribution in [3.63, 3.8) is 0 Å². The first-order chi connectivity index (χ1) is 16.8. The lowest BCUT2D eigenvalue weighted by Gasteiger charge is -2.28. The van der Waals surface area contributed by atoms with Crippen LogP contribution in [0.5, 0.6) is 0 Å². The maximum atomic E-state index is 12.9. The molecule has 2 atom stereocenters. The quantitative estimate of drug-likeness (QED) is 0.517. The number of hydrogen-bond donors (Lipinski definition) is 3. The van der Waals surface area contributed by atoms with Gasteiger partial charge < -0.3 is 15.5 Å². The summed E-state index contributed by atoms with van der Waals surface area (Å²) in [5, 5.41) is 10.8. The zero-order valence-corrected chi connectivity index (χ0v) is 17.8. The number of rotatable bonds is 4. The highest BCUT2D eigenvalue weighted by molar-refractivity contribution is 5.99. The maximum absolute atomic E-state index is 12.9. The number of aliphatic imine (C=N–C) groups is 1. The fraction of sp³-hybridized carbons (Fsp3) is 0.136. The first-order valence-electron chi connectivity index (χ1n) is 10.3. The monoisotopic (exact) mass is 482 g/mol. The summed E-state index contributed by atoms with van der Waals surface area (Å²) >= 11 is 0. The van der Waals surface area contributed by atoms with Gasteiger partial charge in [0, 0.05) is 29.6 Å². The van der Waals surface area contributed by atoms with E-state index in [1.807, 2.05) is 0 Å². The van der Waals surface area contributed by atoms with Crippen molar-refractivity contribution in [1.82, 2.24) is 15.0 Å². The van der Waals surface area contributed by atoms with Crippen LogP contribution in [-0.4, -0.2) is 39.2 Å². The molecule has 2 aromatic heterocycles. The van der Waals surface area contributed by atoms with Gasteiger partial charge in [0.25, 0.3) is 0 Å². The number of alkyl halides is 3. The highest BCUT2D eigenvalue weighted by atomic mass is 19.4. The Kier molecular flexibility index (Phi) is 5.43. The van der Waals surface area contributed by atoms with E-state index in [1.54, 1.807) is 35.5 Å². The molecule has 2 aliphatic rings. The summed E-state index contributed by atoms with van der Waals surface area (Å²) in [6.45, 7) is 0. The summed E-state index contributed by atoms with van der Waals surface area (Å²) in [6, 6.07) is 7.34. The largest absolute Gasteiger partial charge is 0.445 e. The molecule has 0 bridgehead atoms. The van der Waals surface area contributed by atoms with Crippen LogP contribution in [-0.2, 0) is 6.18 Å². The molecule has 4 heterocycles. The third kappa shape index (κ3) is 4.43. The number of carbonyl (C=O) groups is 1. The topological polar surface area (TPSA) is 134 Å². The first-order valence-corrected chi connectivity index (χ1v) is 10.3. The molecule has 178 valence electrons. The van der Waals surface area contributed by atoms with Crippen LogP contribution in [0.1, 0.15) is 22.9 Å². The average molecular weight is 482 g/mol. The van der Waals surface area contributed by atoms with Gasteiger partial charge in [0.1, 0.15) is 30.3 Å². The van der Waals surface area contributed by atoms with E-state index in [4.69, 9.17) is 10.2 Å². The first kappa shape index (κ1) is 22.1. The van der Waals surface area contributed by atoms with Gasteiger partial charge in [-0.3, -0.25) is 10.3 Å². The smallest absolute Gasteiger partial charge is 0.416 e. The third-order valence-electron chi connectivity index (χ3n) is 5.44. The minimum absolute atomic E-state index is 0.228. The summed E-state index contributed by atoms with van der Waals surface area (Å²) < 4.78 is 44.1. The molecule has 0 radical (unpaired) electrons. The van der Waals surface area contributed by atoms with Gasteiger partial charge in [0.2, 0.25) is 5.89 Å². The van der Waals surface area contributed by atoms with E-state index >= 15 is 0 Å². The molecular weight excluding hydrogens is 465 g/mol. The Bertz CT molecular complexity index is 1330. The number of oxazole rings is 1. The number of hydrogen-bond acceptors (Lipinski definition) is 8. The number of nitrogens with one attached hydrogen (secondary N) is 2. The van der Waals surface area contributed by atoms with Crippen LogP contribution in [0, 0.1) is 0 Å². The number of fused-ring (bicyclic) bond motifs is 1. The molecule has 13 heteroatoms. The Morgan fingerprint density at radius 2 is 1.89 bits per heavy atom. The fourth-order valence-electron chi connectivity index (χ4n) is 3.91. The number of hydrazone groups is 1. The van der Waals surface area contributed by atoms with Crippen LogP contribution in [0.3, 0.4) is 0 Å². The molecule has 0 spiro atoms. The minimum atomic E-state index is -4.54. The van der Waals surface area contributed by atoms with E-state index in [0.29, 0.717) is 17.4 Å². The summed E-state index contributed by atoms with van der Waals surface area (Å²) in [7, 11) is 0. The lowest BCUT2D eigenvalue weighted by molar-refractivity contribution is -0.137. The number of pyridine rings is 1. The standard InChI is InChI=1S/C22H17F3N8O2/c23-22(24,25)13-5-6-27-16(9-13)32-21(34)31-14-3-1-12(2-4-14)17-15(20-28-7-8-35-20)10-33-18(17)19(26)29-11-30-33/h1-11,17-18H,(H2,26,29,30)(H2,27,31,32,34). The Morgan fingerprint density at radius 1 is 1.09 bits per heavy atom. The van der Waals surface area contributed by atoms with Gasteiger partial charge in [-0.25, -0.2) is 19.8 Å².